The molecule has 0 radical (unpaired) electrons. The van der Waals surface area contributed by atoms with Crippen molar-refractivity contribution in [2.24, 2.45) is 23.7 Å². The molecule has 0 N–H and O–H groups in total. The van der Waals surface area contributed by atoms with Crippen molar-refractivity contribution in [2.75, 3.05) is 0 Å². The van der Waals surface area contributed by atoms with Crippen LogP contribution in [0.25, 0.3) is 0 Å². The molecule has 1 fully saturated rings. The number of carbonyl (C=O) groups excluding carboxylic acids is 1. The Morgan fingerprint density at radius 1 is 1.46 bits per heavy atom. The van der Waals surface area contributed by atoms with E-state index in [0.29, 0.717) is 23.5 Å². The Morgan fingerprint density at radius 3 is 2.54 bits per heavy atom. The first-order chi connectivity index (χ1) is 6.06. The molecule has 1 heteroatoms. The zero-order valence-electron chi connectivity index (χ0n) is 9.34. The van der Waals surface area contributed by atoms with Gasteiger partial charge in [-0.25, -0.2) is 0 Å². The maximum Gasteiger partial charge on any atom is 0.136 e. The van der Waals surface area contributed by atoms with Gasteiger partial charge in [0, 0.05) is 12.3 Å². The second kappa shape index (κ2) is 4.26. The average molecular weight is 182 g/mol. The molecule has 1 rings (SSSR count). The molecule has 0 spiro atoms. The van der Waals surface area contributed by atoms with E-state index >= 15 is 0 Å². The fraction of sp³-hybridized carbons (Fsp3) is 0.917. The predicted molar refractivity (Wildman–Crippen MR) is 55.5 cm³/mol. The molecule has 4 unspecified atom stereocenters. The van der Waals surface area contributed by atoms with Crippen LogP contribution in [0.1, 0.15) is 47.0 Å². The SMILES string of the molecule is CCC(C)C1CC(=O)C(C)C(C)C1. The van der Waals surface area contributed by atoms with Crippen LogP contribution in [0, 0.1) is 23.7 Å². The van der Waals surface area contributed by atoms with Gasteiger partial charge >= 0.3 is 0 Å². The first-order valence-corrected chi connectivity index (χ1v) is 5.59. The molecule has 1 aliphatic carbocycles. The van der Waals surface area contributed by atoms with E-state index in [-0.39, 0.29) is 0 Å². The van der Waals surface area contributed by atoms with E-state index < -0.39 is 0 Å². The third-order valence-electron chi connectivity index (χ3n) is 3.95. The lowest BCUT2D eigenvalue weighted by molar-refractivity contribution is -0.128. The van der Waals surface area contributed by atoms with Gasteiger partial charge in [0.05, 0.1) is 0 Å². The number of hydrogen-bond donors (Lipinski definition) is 0. The first kappa shape index (κ1) is 10.7. The van der Waals surface area contributed by atoms with E-state index in [1.807, 2.05) is 0 Å². The van der Waals surface area contributed by atoms with Gasteiger partial charge < -0.3 is 0 Å². The molecular weight excluding hydrogens is 160 g/mol. The molecule has 0 heterocycles. The number of hydrogen-bond acceptors (Lipinski definition) is 1. The first-order valence-electron chi connectivity index (χ1n) is 5.59. The Balaban J connectivity index is 2.58. The Kier molecular flexibility index (Phi) is 3.52. The summed E-state index contributed by atoms with van der Waals surface area (Å²) >= 11 is 0. The molecule has 0 aromatic rings. The summed E-state index contributed by atoms with van der Waals surface area (Å²) in [5.74, 6) is 2.77. The van der Waals surface area contributed by atoms with Gasteiger partial charge in [-0.15, -0.1) is 0 Å². The quantitative estimate of drug-likeness (QED) is 0.640. The molecule has 4 atom stereocenters. The van der Waals surface area contributed by atoms with Crippen molar-refractivity contribution in [2.45, 2.75) is 47.0 Å². The minimum absolute atomic E-state index is 0.306. The van der Waals surface area contributed by atoms with Crippen molar-refractivity contribution in [3.63, 3.8) is 0 Å². The van der Waals surface area contributed by atoms with Crippen LogP contribution in [0.15, 0.2) is 0 Å². The molecule has 0 amide bonds. The van der Waals surface area contributed by atoms with Gasteiger partial charge in [0.1, 0.15) is 5.78 Å². The second-order valence-corrected chi connectivity index (χ2v) is 4.82. The van der Waals surface area contributed by atoms with Crippen molar-refractivity contribution in [1.82, 2.24) is 0 Å². The lowest BCUT2D eigenvalue weighted by atomic mass is 9.70. The van der Waals surface area contributed by atoms with Gasteiger partial charge in [-0.3, -0.25) is 4.79 Å². The fourth-order valence-corrected chi connectivity index (χ4v) is 2.29. The standard InChI is InChI=1S/C12H22O/c1-5-8(2)11-6-9(3)10(4)12(13)7-11/h8-11H,5-7H2,1-4H3. The summed E-state index contributed by atoms with van der Waals surface area (Å²) in [6, 6.07) is 0. The van der Waals surface area contributed by atoms with E-state index in [9.17, 15) is 4.79 Å². The van der Waals surface area contributed by atoms with Crippen LogP contribution < -0.4 is 0 Å². The molecule has 0 aliphatic heterocycles. The van der Waals surface area contributed by atoms with Crippen molar-refractivity contribution >= 4 is 5.78 Å². The molecule has 0 bridgehead atoms. The van der Waals surface area contributed by atoms with Gasteiger partial charge in [-0.2, -0.15) is 0 Å². The number of Topliss-reactive ketones (excluding diaryl/α,β-unsaturated/α-hetero) is 1. The van der Waals surface area contributed by atoms with Gasteiger partial charge in [-0.05, 0) is 24.2 Å². The number of rotatable bonds is 2. The molecule has 1 saturated carbocycles. The van der Waals surface area contributed by atoms with Gasteiger partial charge in [-0.1, -0.05) is 34.1 Å². The zero-order chi connectivity index (χ0) is 10.0. The van der Waals surface area contributed by atoms with E-state index in [1.54, 1.807) is 0 Å². The highest BCUT2D eigenvalue weighted by molar-refractivity contribution is 5.81. The molecule has 1 nitrogen and oxygen atoms in total. The van der Waals surface area contributed by atoms with Crippen LogP contribution in [0.4, 0.5) is 0 Å². The van der Waals surface area contributed by atoms with Gasteiger partial charge in [0.15, 0.2) is 0 Å². The maximum absolute atomic E-state index is 11.6. The van der Waals surface area contributed by atoms with E-state index in [0.717, 1.165) is 12.3 Å². The summed E-state index contributed by atoms with van der Waals surface area (Å²) in [6.45, 7) is 8.80. The molecule has 0 saturated heterocycles. The highest BCUT2D eigenvalue weighted by Gasteiger charge is 2.32. The summed E-state index contributed by atoms with van der Waals surface area (Å²) in [6.07, 6.45) is 3.29. The van der Waals surface area contributed by atoms with Crippen molar-refractivity contribution in [1.29, 1.82) is 0 Å². The minimum Gasteiger partial charge on any atom is -0.299 e. The number of carbonyl (C=O) groups is 1. The molecule has 0 aromatic carbocycles. The van der Waals surface area contributed by atoms with Crippen molar-refractivity contribution in [3.8, 4) is 0 Å². The Morgan fingerprint density at radius 2 is 2.08 bits per heavy atom. The van der Waals surface area contributed by atoms with Gasteiger partial charge in [0.25, 0.3) is 0 Å². The molecule has 1 aliphatic rings. The van der Waals surface area contributed by atoms with Crippen LogP contribution in [0.2, 0.25) is 0 Å². The normalized spacial score (nSPS) is 37.5. The summed E-state index contributed by atoms with van der Waals surface area (Å²) in [5.41, 5.74) is 0. The largest absolute Gasteiger partial charge is 0.299 e. The maximum atomic E-state index is 11.6. The molecule has 0 aromatic heterocycles. The third-order valence-corrected chi connectivity index (χ3v) is 3.95. The molecular formula is C12H22O. The van der Waals surface area contributed by atoms with Crippen LogP contribution in [0.5, 0.6) is 0 Å². The topological polar surface area (TPSA) is 17.1 Å². The second-order valence-electron chi connectivity index (χ2n) is 4.82. The van der Waals surface area contributed by atoms with Gasteiger partial charge in [0.2, 0.25) is 0 Å². The molecule has 13 heavy (non-hydrogen) atoms. The lowest BCUT2D eigenvalue weighted by Crippen LogP contribution is -2.32. The molecule has 76 valence electrons. The van der Waals surface area contributed by atoms with Crippen LogP contribution >= 0.6 is 0 Å². The highest BCUT2D eigenvalue weighted by atomic mass is 16.1. The monoisotopic (exact) mass is 182 g/mol. The summed E-state index contributed by atoms with van der Waals surface area (Å²) in [5, 5.41) is 0. The van der Waals surface area contributed by atoms with E-state index in [1.165, 1.54) is 12.8 Å². The Labute approximate surface area is 81.9 Å². The van der Waals surface area contributed by atoms with Crippen molar-refractivity contribution in [3.05, 3.63) is 0 Å². The summed E-state index contributed by atoms with van der Waals surface area (Å²) in [4.78, 5) is 11.6. The van der Waals surface area contributed by atoms with Crippen LogP contribution in [0.3, 0.4) is 0 Å². The van der Waals surface area contributed by atoms with E-state index in [4.69, 9.17) is 0 Å². The smallest absolute Gasteiger partial charge is 0.136 e. The average Bonchev–Trinajstić information content (AvgIpc) is 2.12. The number of ketones is 1. The van der Waals surface area contributed by atoms with Crippen LogP contribution in [-0.4, -0.2) is 5.78 Å². The van der Waals surface area contributed by atoms with Crippen molar-refractivity contribution < 1.29 is 4.79 Å². The fourth-order valence-electron chi connectivity index (χ4n) is 2.29. The van der Waals surface area contributed by atoms with E-state index in [2.05, 4.69) is 27.7 Å². The summed E-state index contributed by atoms with van der Waals surface area (Å²) in [7, 11) is 0. The van der Waals surface area contributed by atoms with Crippen LogP contribution in [-0.2, 0) is 4.79 Å². The Bertz CT molecular complexity index is 186. The lowest BCUT2D eigenvalue weighted by Gasteiger charge is -2.34. The zero-order valence-corrected chi connectivity index (χ0v) is 9.34. The minimum atomic E-state index is 0.306. The predicted octanol–water partition coefficient (Wildman–Crippen LogP) is 3.28. The third kappa shape index (κ3) is 2.32. The Hall–Kier alpha value is -0.330. The summed E-state index contributed by atoms with van der Waals surface area (Å²) < 4.78 is 0. The highest BCUT2D eigenvalue weighted by Crippen LogP contribution is 2.35.